The minimum atomic E-state index is -0.432. The predicted octanol–water partition coefficient (Wildman–Crippen LogP) is 0.833. The van der Waals surface area contributed by atoms with Gasteiger partial charge in [0.05, 0.1) is 7.11 Å². The summed E-state index contributed by atoms with van der Waals surface area (Å²) in [4.78, 5) is 36.1. The molecule has 3 amide bonds. The van der Waals surface area contributed by atoms with Crippen molar-refractivity contribution in [2.75, 3.05) is 7.11 Å². The van der Waals surface area contributed by atoms with E-state index in [-0.39, 0.29) is 35.7 Å². The molecule has 0 radical (unpaired) electrons. The molecule has 1 saturated heterocycles. The number of carbonyl (C=O) groups excluding carboxylic acids is 3. The largest absolute Gasteiger partial charge is 0.480 e. The molecule has 1 aliphatic carbocycles. The normalized spacial score (nSPS) is 28.3. The van der Waals surface area contributed by atoms with Crippen LogP contribution in [0.25, 0.3) is 0 Å². The number of hydrogen-bond donors (Lipinski definition) is 3. The summed E-state index contributed by atoms with van der Waals surface area (Å²) < 4.78 is 9.11. The number of hydrogen-bond acceptors (Lipinski definition) is 6. The Morgan fingerprint density at radius 2 is 1.88 bits per heavy atom. The van der Waals surface area contributed by atoms with Gasteiger partial charge in [-0.25, -0.2) is 0 Å². The molecule has 0 spiro atoms. The van der Waals surface area contributed by atoms with E-state index in [4.69, 9.17) is 4.74 Å². The van der Waals surface area contributed by atoms with Gasteiger partial charge in [-0.2, -0.15) is 4.37 Å². The predicted molar refractivity (Wildman–Crippen MR) is 96.0 cm³/mol. The van der Waals surface area contributed by atoms with Crippen molar-refractivity contribution in [3.63, 3.8) is 0 Å². The van der Waals surface area contributed by atoms with Gasteiger partial charge >= 0.3 is 0 Å². The van der Waals surface area contributed by atoms with Crippen LogP contribution in [0.1, 0.15) is 49.4 Å². The molecule has 2 unspecified atom stereocenters. The van der Waals surface area contributed by atoms with E-state index in [0.29, 0.717) is 17.9 Å². The fourth-order valence-electron chi connectivity index (χ4n) is 3.57. The SMILES string of the molecule is COc1nscc1C(=O)NC1CCC(NC(=O)C2NC(=O)CC2C)CC1. The summed E-state index contributed by atoms with van der Waals surface area (Å²) in [6.07, 6.45) is 3.58. The van der Waals surface area contributed by atoms with Gasteiger partial charge in [0.15, 0.2) is 0 Å². The zero-order valence-corrected chi connectivity index (χ0v) is 15.7. The van der Waals surface area contributed by atoms with E-state index in [0.717, 1.165) is 25.7 Å². The maximum absolute atomic E-state index is 12.3. The monoisotopic (exact) mass is 380 g/mol. The molecule has 1 aromatic heterocycles. The molecule has 2 heterocycles. The molecule has 9 heteroatoms. The van der Waals surface area contributed by atoms with Crippen LogP contribution in [0.3, 0.4) is 0 Å². The number of amides is 3. The lowest BCUT2D eigenvalue weighted by Crippen LogP contribution is -2.50. The number of carbonyl (C=O) groups is 3. The van der Waals surface area contributed by atoms with E-state index in [1.165, 1.54) is 18.6 Å². The summed E-state index contributed by atoms with van der Waals surface area (Å²) in [5.41, 5.74) is 0.457. The van der Waals surface area contributed by atoms with Gasteiger partial charge in [0.1, 0.15) is 11.6 Å². The quantitative estimate of drug-likeness (QED) is 0.701. The first-order chi connectivity index (χ1) is 12.5. The number of ether oxygens (including phenoxy) is 1. The van der Waals surface area contributed by atoms with E-state index in [1.807, 2.05) is 6.92 Å². The maximum atomic E-state index is 12.3. The molecule has 2 fully saturated rings. The molecule has 142 valence electrons. The summed E-state index contributed by atoms with van der Waals surface area (Å²) >= 11 is 1.19. The Hall–Kier alpha value is -2.16. The molecule has 3 N–H and O–H groups in total. The van der Waals surface area contributed by atoms with E-state index in [9.17, 15) is 14.4 Å². The highest BCUT2D eigenvalue weighted by molar-refractivity contribution is 7.04. The van der Waals surface area contributed by atoms with Crippen LogP contribution in [0.4, 0.5) is 0 Å². The summed E-state index contributed by atoms with van der Waals surface area (Å²) in [6, 6.07) is -0.276. The Kier molecular flexibility index (Phi) is 5.75. The molecule has 2 aliphatic rings. The first kappa shape index (κ1) is 18.6. The van der Waals surface area contributed by atoms with Gasteiger partial charge in [-0.05, 0) is 43.1 Å². The molecule has 2 atom stereocenters. The van der Waals surface area contributed by atoms with Crippen molar-refractivity contribution >= 4 is 29.3 Å². The summed E-state index contributed by atoms with van der Waals surface area (Å²) in [5, 5.41) is 10.5. The zero-order chi connectivity index (χ0) is 18.7. The van der Waals surface area contributed by atoms with Crippen LogP contribution in [0, 0.1) is 5.92 Å². The lowest BCUT2D eigenvalue weighted by molar-refractivity contribution is -0.126. The second-order valence-electron chi connectivity index (χ2n) is 6.99. The van der Waals surface area contributed by atoms with Crippen LogP contribution in [-0.2, 0) is 9.59 Å². The van der Waals surface area contributed by atoms with Crippen molar-refractivity contribution in [3.05, 3.63) is 10.9 Å². The molecule has 26 heavy (non-hydrogen) atoms. The smallest absolute Gasteiger partial charge is 0.257 e. The van der Waals surface area contributed by atoms with Gasteiger partial charge in [-0.15, -0.1) is 0 Å². The van der Waals surface area contributed by atoms with E-state index in [2.05, 4.69) is 20.3 Å². The average Bonchev–Trinajstić information content (AvgIpc) is 3.22. The van der Waals surface area contributed by atoms with Gasteiger partial charge in [0, 0.05) is 23.9 Å². The van der Waals surface area contributed by atoms with Crippen molar-refractivity contribution in [1.29, 1.82) is 0 Å². The minimum Gasteiger partial charge on any atom is -0.480 e. The van der Waals surface area contributed by atoms with Crippen LogP contribution in [0.5, 0.6) is 5.88 Å². The molecule has 0 bridgehead atoms. The average molecular weight is 380 g/mol. The van der Waals surface area contributed by atoms with Crippen molar-refractivity contribution < 1.29 is 19.1 Å². The third kappa shape index (κ3) is 4.14. The zero-order valence-electron chi connectivity index (χ0n) is 14.9. The Morgan fingerprint density at radius 3 is 2.46 bits per heavy atom. The Balaban J connectivity index is 1.45. The molecule has 3 rings (SSSR count). The second kappa shape index (κ2) is 8.03. The van der Waals surface area contributed by atoms with Crippen LogP contribution < -0.4 is 20.7 Å². The molecular formula is C17H24N4O4S. The van der Waals surface area contributed by atoms with E-state index in [1.54, 1.807) is 5.38 Å². The first-order valence-corrected chi connectivity index (χ1v) is 9.70. The molecule has 1 saturated carbocycles. The second-order valence-corrected chi connectivity index (χ2v) is 7.62. The number of nitrogens with zero attached hydrogens (tertiary/aromatic N) is 1. The van der Waals surface area contributed by atoms with Crippen molar-refractivity contribution in [2.45, 2.75) is 57.2 Å². The number of nitrogens with one attached hydrogen (secondary N) is 3. The summed E-state index contributed by atoms with van der Waals surface area (Å²) in [6.45, 7) is 1.90. The van der Waals surface area contributed by atoms with Crippen LogP contribution in [0.15, 0.2) is 5.38 Å². The topological polar surface area (TPSA) is 109 Å². The van der Waals surface area contributed by atoms with Crippen LogP contribution in [-0.4, -0.2) is 47.3 Å². The summed E-state index contributed by atoms with van der Waals surface area (Å²) in [7, 11) is 1.49. The van der Waals surface area contributed by atoms with Gasteiger partial charge in [-0.3, -0.25) is 14.4 Å². The molecule has 1 aliphatic heterocycles. The Morgan fingerprint density at radius 1 is 1.23 bits per heavy atom. The molecular weight excluding hydrogens is 356 g/mol. The third-order valence-corrected chi connectivity index (χ3v) is 5.67. The first-order valence-electron chi connectivity index (χ1n) is 8.87. The van der Waals surface area contributed by atoms with Crippen LogP contribution in [0.2, 0.25) is 0 Å². The van der Waals surface area contributed by atoms with Crippen molar-refractivity contribution in [2.24, 2.45) is 5.92 Å². The maximum Gasteiger partial charge on any atom is 0.257 e. The number of methoxy groups -OCH3 is 1. The lowest BCUT2D eigenvalue weighted by Gasteiger charge is -2.30. The van der Waals surface area contributed by atoms with Gasteiger partial charge in [-0.1, -0.05) is 6.92 Å². The molecule has 1 aromatic rings. The highest BCUT2D eigenvalue weighted by Gasteiger charge is 2.35. The third-order valence-electron chi connectivity index (χ3n) is 5.06. The highest BCUT2D eigenvalue weighted by atomic mass is 32.1. The standard InChI is InChI=1S/C17H24N4O4S/c1-9-7-13(22)20-14(9)16(24)19-11-5-3-10(4-6-11)18-15(23)12-8-26-21-17(12)25-2/h8-11,14H,3-7H2,1-2H3,(H,18,23)(H,19,24)(H,20,22). The van der Waals surface area contributed by atoms with E-state index < -0.39 is 6.04 Å². The van der Waals surface area contributed by atoms with Gasteiger partial charge < -0.3 is 20.7 Å². The Labute approximate surface area is 156 Å². The highest BCUT2D eigenvalue weighted by Crippen LogP contribution is 2.23. The molecule has 0 aromatic carbocycles. The minimum absolute atomic E-state index is 0.0207. The van der Waals surface area contributed by atoms with Crippen molar-refractivity contribution in [3.8, 4) is 5.88 Å². The van der Waals surface area contributed by atoms with Crippen LogP contribution >= 0.6 is 11.5 Å². The summed E-state index contributed by atoms with van der Waals surface area (Å²) in [5.74, 6) is 0.0198. The fourth-order valence-corrected chi connectivity index (χ4v) is 4.20. The van der Waals surface area contributed by atoms with Gasteiger partial charge in [0.25, 0.3) is 5.91 Å². The fraction of sp³-hybridized carbons (Fsp3) is 0.647. The Bertz CT molecular complexity index is 684. The van der Waals surface area contributed by atoms with Crippen molar-refractivity contribution in [1.82, 2.24) is 20.3 Å². The number of aromatic nitrogens is 1. The van der Waals surface area contributed by atoms with E-state index >= 15 is 0 Å². The van der Waals surface area contributed by atoms with Gasteiger partial charge in [0.2, 0.25) is 17.7 Å². The number of rotatable bonds is 5. The lowest BCUT2D eigenvalue weighted by atomic mass is 9.90. The molecule has 8 nitrogen and oxygen atoms in total.